The lowest BCUT2D eigenvalue weighted by atomic mass is 10.1. The van der Waals surface area contributed by atoms with Gasteiger partial charge >= 0.3 is 0 Å². The standard InChI is InChI=1S/C33H29BrN2O3S/c1-3-38-30-20-25(16-19-29(30)39-22-24-14-17-27(34)18-15-24)21-31-32(37)36(23(2)26-10-6-4-7-11-26)33(40-31)35-28-12-8-5-9-13-28/h4-21,23H,3,22H2,1-2H3/b31-21+,35-33?/t23-/m1/s1. The van der Waals surface area contributed by atoms with Gasteiger partial charge in [-0.15, -0.1) is 0 Å². The number of hydrogen-bond donors (Lipinski definition) is 0. The Morgan fingerprint density at radius 1 is 0.900 bits per heavy atom. The van der Waals surface area contributed by atoms with Gasteiger partial charge in [0.25, 0.3) is 5.91 Å². The Kier molecular flexibility index (Phi) is 9.04. The van der Waals surface area contributed by atoms with Crippen LogP contribution in [-0.4, -0.2) is 22.6 Å². The first-order valence-electron chi connectivity index (χ1n) is 13.1. The molecule has 1 amide bonds. The largest absolute Gasteiger partial charge is 0.490 e. The highest BCUT2D eigenvalue weighted by Gasteiger charge is 2.37. The van der Waals surface area contributed by atoms with Crippen LogP contribution in [-0.2, 0) is 11.4 Å². The number of aliphatic imine (C=N–C) groups is 1. The third-order valence-electron chi connectivity index (χ3n) is 6.36. The van der Waals surface area contributed by atoms with Crippen molar-refractivity contribution in [2.75, 3.05) is 6.61 Å². The average molecular weight is 614 g/mol. The van der Waals surface area contributed by atoms with E-state index in [1.807, 2.05) is 123 Å². The number of thioether (sulfide) groups is 1. The Morgan fingerprint density at radius 3 is 2.30 bits per heavy atom. The van der Waals surface area contributed by atoms with Crippen molar-refractivity contribution in [3.63, 3.8) is 0 Å². The molecule has 4 aromatic carbocycles. The first kappa shape index (κ1) is 27.7. The highest BCUT2D eigenvalue weighted by atomic mass is 79.9. The molecule has 0 aromatic heterocycles. The number of rotatable bonds is 9. The van der Waals surface area contributed by atoms with E-state index in [1.54, 1.807) is 4.90 Å². The van der Waals surface area contributed by atoms with E-state index in [9.17, 15) is 4.79 Å². The number of benzene rings is 4. The molecule has 0 aliphatic carbocycles. The molecule has 0 bridgehead atoms. The highest BCUT2D eigenvalue weighted by Crippen LogP contribution is 2.40. The number of amidine groups is 1. The number of amides is 1. The van der Waals surface area contributed by atoms with E-state index in [0.29, 0.717) is 34.8 Å². The molecule has 1 heterocycles. The van der Waals surface area contributed by atoms with E-state index >= 15 is 0 Å². The van der Waals surface area contributed by atoms with Crippen LogP contribution in [0.4, 0.5) is 5.69 Å². The van der Waals surface area contributed by atoms with Crippen LogP contribution in [0.5, 0.6) is 11.5 Å². The van der Waals surface area contributed by atoms with Gasteiger partial charge in [-0.25, -0.2) is 4.99 Å². The minimum absolute atomic E-state index is 0.0791. The molecule has 202 valence electrons. The first-order chi connectivity index (χ1) is 19.5. The van der Waals surface area contributed by atoms with E-state index in [1.165, 1.54) is 11.8 Å². The van der Waals surface area contributed by atoms with Gasteiger partial charge in [0.1, 0.15) is 6.61 Å². The summed E-state index contributed by atoms with van der Waals surface area (Å²) in [6.07, 6.45) is 1.90. The van der Waals surface area contributed by atoms with Crippen molar-refractivity contribution in [2.45, 2.75) is 26.5 Å². The van der Waals surface area contributed by atoms with Crippen LogP contribution in [0.3, 0.4) is 0 Å². The fourth-order valence-corrected chi connectivity index (χ4v) is 5.63. The van der Waals surface area contributed by atoms with Crippen molar-refractivity contribution in [1.82, 2.24) is 4.90 Å². The quantitative estimate of drug-likeness (QED) is 0.177. The predicted molar refractivity (Wildman–Crippen MR) is 167 cm³/mol. The number of ether oxygens (including phenoxy) is 2. The van der Waals surface area contributed by atoms with Crippen LogP contribution in [0.2, 0.25) is 0 Å². The zero-order chi connectivity index (χ0) is 27.9. The molecule has 40 heavy (non-hydrogen) atoms. The van der Waals surface area contributed by atoms with Crippen molar-refractivity contribution in [3.8, 4) is 11.5 Å². The number of carbonyl (C=O) groups is 1. The summed E-state index contributed by atoms with van der Waals surface area (Å²) >= 11 is 4.85. The summed E-state index contributed by atoms with van der Waals surface area (Å²) in [5.41, 5.74) is 3.76. The van der Waals surface area contributed by atoms with Crippen molar-refractivity contribution in [3.05, 3.63) is 129 Å². The molecule has 5 nitrogen and oxygen atoms in total. The van der Waals surface area contributed by atoms with Crippen LogP contribution in [0.1, 0.15) is 36.6 Å². The average Bonchev–Trinajstić information content (AvgIpc) is 3.28. The molecule has 4 aromatic rings. The third kappa shape index (κ3) is 6.66. The minimum atomic E-state index is -0.178. The lowest BCUT2D eigenvalue weighted by Crippen LogP contribution is -2.32. The smallest absolute Gasteiger partial charge is 0.267 e. The molecule has 1 saturated heterocycles. The zero-order valence-electron chi connectivity index (χ0n) is 22.3. The molecular formula is C33H29BrN2O3S. The summed E-state index contributed by atoms with van der Waals surface area (Å²) in [6.45, 7) is 4.89. The lowest BCUT2D eigenvalue weighted by Gasteiger charge is -2.24. The van der Waals surface area contributed by atoms with Crippen molar-refractivity contribution in [1.29, 1.82) is 0 Å². The summed E-state index contributed by atoms with van der Waals surface area (Å²) in [6, 6.07) is 33.3. The maximum atomic E-state index is 13.8. The molecule has 1 fully saturated rings. The maximum absolute atomic E-state index is 13.8. The molecule has 1 atom stereocenters. The summed E-state index contributed by atoms with van der Waals surface area (Å²) in [5, 5.41) is 0.651. The lowest BCUT2D eigenvalue weighted by molar-refractivity contribution is -0.123. The van der Waals surface area contributed by atoms with Gasteiger partial charge in [0.05, 0.1) is 23.2 Å². The summed E-state index contributed by atoms with van der Waals surface area (Å²) < 4.78 is 13.0. The Morgan fingerprint density at radius 2 is 1.60 bits per heavy atom. The topological polar surface area (TPSA) is 51.1 Å². The van der Waals surface area contributed by atoms with Gasteiger partial charge in [-0.1, -0.05) is 82.7 Å². The molecule has 0 saturated carbocycles. The molecule has 5 rings (SSSR count). The maximum Gasteiger partial charge on any atom is 0.267 e. The van der Waals surface area contributed by atoms with Gasteiger partial charge in [-0.05, 0) is 84.8 Å². The monoisotopic (exact) mass is 612 g/mol. The van der Waals surface area contributed by atoms with E-state index in [2.05, 4.69) is 15.9 Å². The Balaban J connectivity index is 1.43. The molecule has 0 unspecified atom stereocenters. The van der Waals surface area contributed by atoms with Crippen LogP contribution in [0.15, 0.2) is 117 Å². The molecular weight excluding hydrogens is 584 g/mol. The first-order valence-corrected chi connectivity index (χ1v) is 14.7. The van der Waals surface area contributed by atoms with Crippen LogP contribution >= 0.6 is 27.7 Å². The molecule has 0 N–H and O–H groups in total. The Labute approximate surface area is 247 Å². The number of para-hydroxylation sites is 1. The van der Waals surface area contributed by atoms with E-state index < -0.39 is 0 Å². The molecule has 0 spiro atoms. The molecule has 1 aliphatic rings. The summed E-state index contributed by atoms with van der Waals surface area (Å²) in [4.78, 5) is 21.0. The minimum Gasteiger partial charge on any atom is -0.490 e. The SMILES string of the molecule is CCOc1cc(/C=C2/SC(=Nc3ccccc3)N([C@H](C)c3ccccc3)C2=O)ccc1OCc1ccc(Br)cc1. The van der Waals surface area contributed by atoms with Crippen LogP contribution < -0.4 is 9.47 Å². The van der Waals surface area contributed by atoms with Gasteiger partial charge in [-0.3, -0.25) is 9.69 Å². The van der Waals surface area contributed by atoms with Gasteiger partial charge in [0, 0.05) is 4.47 Å². The number of carbonyl (C=O) groups excluding carboxylic acids is 1. The van der Waals surface area contributed by atoms with Crippen molar-refractivity contribution in [2.24, 2.45) is 4.99 Å². The second-order valence-corrected chi connectivity index (χ2v) is 11.1. The molecule has 0 radical (unpaired) electrons. The van der Waals surface area contributed by atoms with Gasteiger partial charge in [0.15, 0.2) is 16.7 Å². The fourth-order valence-electron chi connectivity index (χ4n) is 4.29. The van der Waals surface area contributed by atoms with Gasteiger partial charge < -0.3 is 9.47 Å². The number of hydrogen-bond acceptors (Lipinski definition) is 5. The molecule has 7 heteroatoms. The number of nitrogens with zero attached hydrogens (tertiary/aromatic N) is 2. The van der Waals surface area contributed by atoms with E-state index in [0.717, 1.165) is 26.9 Å². The second kappa shape index (κ2) is 13.0. The predicted octanol–water partition coefficient (Wildman–Crippen LogP) is 8.79. The normalized spacial score (nSPS) is 16.0. The van der Waals surface area contributed by atoms with Gasteiger partial charge in [0.2, 0.25) is 0 Å². The highest BCUT2D eigenvalue weighted by molar-refractivity contribution is 9.10. The van der Waals surface area contributed by atoms with Crippen LogP contribution in [0, 0.1) is 0 Å². The Bertz CT molecular complexity index is 1520. The third-order valence-corrected chi connectivity index (χ3v) is 7.87. The Hall–Kier alpha value is -3.81. The second-order valence-electron chi connectivity index (χ2n) is 9.16. The van der Waals surface area contributed by atoms with Crippen LogP contribution in [0.25, 0.3) is 6.08 Å². The van der Waals surface area contributed by atoms with Gasteiger partial charge in [-0.2, -0.15) is 0 Å². The van der Waals surface area contributed by atoms with Crippen molar-refractivity contribution < 1.29 is 14.3 Å². The number of halogens is 1. The van der Waals surface area contributed by atoms with E-state index in [4.69, 9.17) is 14.5 Å². The van der Waals surface area contributed by atoms with E-state index in [-0.39, 0.29) is 11.9 Å². The summed E-state index contributed by atoms with van der Waals surface area (Å²) in [5.74, 6) is 1.21. The zero-order valence-corrected chi connectivity index (χ0v) is 24.7. The molecule has 1 aliphatic heterocycles. The summed E-state index contributed by atoms with van der Waals surface area (Å²) in [7, 11) is 0. The van der Waals surface area contributed by atoms with Crippen molar-refractivity contribution >= 4 is 50.5 Å². The fraction of sp³-hybridized carbons (Fsp3) is 0.152.